The molecule has 1 amide bonds. The number of hydrogen-bond donors (Lipinski definition) is 5. The molecule has 0 aromatic rings. The van der Waals surface area contributed by atoms with E-state index in [9.17, 15) is 15.0 Å². The van der Waals surface area contributed by atoms with E-state index in [1.807, 2.05) is 0 Å². The molecule has 0 aromatic heterocycles. The maximum absolute atomic E-state index is 11.7. The van der Waals surface area contributed by atoms with Crippen LogP contribution in [0.15, 0.2) is 0 Å². The Balaban J connectivity index is 2.71. The number of hydrogen-bond acceptors (Lipinski definition) is 8. The fraction of sp³-hybridized carbons (Fsp3) is 0.909. The van der Waals surface area contributed by atoms with Crippen molar-refractivity contribution in [2.75, 3.05) is 26.4 Å². The SMILES string of the molecule is NCCO[C@@H]1OC(CO)[C@H](O)[C@H](O)C1NC(=O)OCC(Cl)(Cl)Cl. The van der Waals surface area contributed by atoms with Crippen molar-refractivity contribution in [2.45, 2.75) is 34.4 Å². The number of nitrogens with one attached hydrogen (secondary N) is 1. The number of ether oxygens (including phenoxy) is 3. The largest absolute Gasteiger partial charge is 0.445 e. The summed E-state index contributed by atoms with van der Waals surface area (Å²) >= 11 is 16.4. The van der Waals surface area contributed by atoms with Crippen LogP contribution in [0.2, 0.25) is 0 Å². The molecule has 1 saturated heterocycles. The highest BCUT2D eigenvalue weighted by Crippen LogP contribution is 2.26. The molecule has 2 unspecified atom stereocenters. The summed E-state index contributed by atoms with van der Waals surface area (Å²) in [6.45, 7) is -0.853. The molecule has 1 fully saturated rings. The summed E-state index contributed by atoms with van der Waals surface area (Å²) in [7, 11) is 0. The number of carbonyl (C=O) groups excluding carboxylic acids is 1. The van der Waals surface area contributed by atoms with Crippen LogP contribution >= 0.6 is 34.8 Å². The van der Waals surface area contributed by atoms with Gasteiger partial charge >= 0.3 is 6.09 Å². The van der Waals surface area contributed by atoms with Crippen molar-refractivity contribution in [3.05, 3.63) is 0 Å². The minimum absolute atomic E-state index is 0.0625. The third kappa shape index (κ3) is 6.73. The number of amides is 1. The fourth-order valence-electron chi connectivity index (χ4n) is 1.89. The van der Waals surface area contributed by atoms with Gasteiger partial charge in [0, 0.05) is 6.54 Å². The van der Waals surface area contributed by atoms with E-state index in [0.717, 1.165) is 0 Å². The van der Waals surface area contributed by atoms with Gasteiger partial charge in [-0.15, -0.1) is 0 Å². The van der Waals surface area contributed by atoms with E-state index in [-0.39, 0.29) is 13.2 Å². The predicted molar refractivity (Wildman–Crippen MR) is 81.3 cm³/mol. The number of alkyl carbamates (subject to hydrolysis) is 1. The van der Waals surface area contributed by atoms with Gasteiger partial charge in [-0.05, 0) is 0 Å². The molecule has 5 atom stereocenters. The van der Waals surface area contributed by atoms with Crippen molar-refractivity contribution in [1.82, 2.24) is 5.32 Å². The predicted octanol–water partition coefficient (Wildman–Crippen LogP) is -1.13. The molecule has 1 aliphatic rings. The fourth-order valence-corrected chi connectivity index (χ4v) is 2.05. The first-order valence-corrected chi connectivity index (χ1v) is 7.77. The van der Waals surface area contributed by atoms with Crippen molar-refractivity contribution in [3.63, 3.8) is 0 Å². The van der Waals surface area contributed by atoms with Crippen molar-refractivity contribution < 1.29 is 34.3 Å². The highest BCUT2D eigenvalue weighted by atomic mass is 35.6. The lowest BCUT2D eigenvalue weighted by molar-refractivity contribution is -0.268. The van der Waals surface area contributed by atoms with Crippen molar-refractivity contribution in [3.8, 4) is 0 Å². The summed E-state index contributed by atoms with van der Waals surface area (Å²) in [5.74, 6) is 0. The van der Waals surface area contributed by atoms with Crippen LogP contribution < -0.4 is 11.1 Å². The highest BCUT2D eigenvalue weighted by Gasteiger charge is 2.45. The Labute approximate surface area is 147 Å². The summed E-state index contributed by atoms with van der Waals surface area (Å²) < 4.78 is 13.4. The lowest BCUT2D eigenvalue weighted by Gasteiger charge is -2.42. The Morgan fingerprint density at radius 2 is 1.96 bits per heavy atom. The minimum Gasteiger partial charge on any atom is -0.445 e. The van der Waals surface area contributed by atoms with E-state index < -0.39 is 53.7 Å². The first-order valence-electron chi connectivity index (χ1n) is 6.63. The van der Waals surface area contributed by atoms with Gasteiger partial charge in [0.1, 0.15) is 31.0 Å². The van der Waals surface area contributed by atoms with Crippen LogP contribution in [0.25, 0.3) is 0 Å². The third-order valence-electron chi connectivity index (χ3n) is 2.93. The van der Waals surface area contributed by atoms with Gasteiger partial charge in [0.15, 0.2) is 6.29 Å². The zero-order valence-electron chi connectivity index (χ0n) is 11.9. The zero-order chi connectivity index (χ0) is 17.6. The van der Waals surface area contributed by atoms with Crippen molar-refractivity contribution >= 4 is 40.9 Å². The molecule has 136 valence electrons. The smallest absolute Gasteiger partial charge is 0.407 e. The Bertz CT molecular complexity index is 385. The molecule has 6 N–H and O–H groups in total. The number of nitrogens with two attached hydrogens (primary N) is 1. The molecule has 0 aliphatic carbocycles. The van der Waals surface area contributed by atoms with E-state index in [4.69, 9.17) is 55.1 Å². The highest BCUT2D eigenvalue weighted by molar-refractivity contribution is 6.67. The van der Waals surface area contributed by atoms with E-state index >= 15 is 0 Å². The van der Waals surface area contributed by atoms with Gasteiger partial charge in [0.2, 0.25) is 3.79 Å². The van der Waals surface area contributed by atoms with Crippen molar-refractivity contribution in [1.29, 1.82) is 0 Å². The number of aliphatic hydroxyl groups is 3. The molecular weight excluding hydrogens is 378 g/mol. The van der Waals surface area contributed by atoms with Gasteiger partial charge in [-0.25, -0.2) is 4.79 Å². The summed E-state index contributed by atoms with van der Waals surface area (Å²) in [5.41, 5.74) is 5.32. The van der Waals surface area contributed by atoms with Crippen LogP contribution in [0.1, 0.15) is 0 Å². The average Bonchev–Trinajstić information content (AvgIpc) is 2.48. The molecule has 12 heteroatoms. The minimum atomic E-state index is -1.80. The number of alkyl halides is 3. The van der Waals surface area contributed by atoms with Crippen molar-refractivity contribution in [2.24, 2.45) is 5.73 Å². The number of rotatable bonds is 6. The van der Waals surface area contributed by atoms with Gasteiger partial charge in [-0.2, -0.15) is 0 Å². The van der Waals surface area contributed by atoms with E-state index in [0.29, 0.717) is 0 Å². The van der Waals surface area contributed by atoms with Gasteiger partial charge in [-0.1, -0.05) is 34.8 Å². The lowest BCUT2D eigenvalue weighted by Crippen LogP contribution is -2.65. The maximum Gasteiger partial charge on any atom is 0.407 e. The normalized spacial score (nSPS) is 31.7. The Hall–Kier alpha value is -0.100. The molecule has 0 bridgehead atoms. The first-order chi connectivity index (χ1) is 10.7. The molecule has 0 saturated carbocycles. The van der Waals surface area contributed by atoms with Crippen LogP contribution in [0.3, 0.4) is 0 Å². The van der Waals surface area contributed by atoms with E-state index in [2.05, 4.69) is 10.1 Å². The second-order valence-corrected chi connectivity index (χ2v) is 7.24. The van der Waals surface area contributed by atoms with Gasteiger partial charge in [0.25, 0.3) is 0 Å². The molecule has 9 nitrogen and oxygen atoms in total. The number of halogens is 3. The zero-order valence-corrected chi connectivity index (χ0v) is 14.2. The molecule has 1 aliphatic heterocycles. The van der Waals surface area contributed by atoms with Crippen LogP contribution in [-0.4, -0.2) is 82.2 Å². The Morgan fingerprint density at radius 1 is 1.30 bits per heavy atom. The van der Waals surface area contributed by atoms with Gasteiger partial charge < -0.3 is 40.6 Å². The van der Waals surface area contributed by atoms with E-state index in [1.54, 1.807) is 0 Å². The molecule has 0 aromatic carbocycles. The quantitative estimate of drug-likeness (QED) is 0.354. The molecular formula is C11H19Cl3N2O7. The maximum atomic E-state index is 11.7. The standard InChI is InChI=1S/C11H19Cl3N2O7/c12-11(13,14)4-22-10(20)16-6-8(19)7(18)5(3-17)23-9(6)21-2-1-15/h5-9,17-19H,1-4,15H2,(H,16,20)/t5?,6?,7-,8+,9+/m0/s1. The summed E-state index contributed by atoms with van der Waals surface area (Å²) in [5, 5.41) is 31.3. The monoisotopic (exact) mass is 396 g/mol. The first kappa shape index (κ1) is 20.9. The lowest BCUT2D eigenvalue weighted by atomic mass is 9.97. The topological polar surface area (TPSA) is 144 Å². The van der Waals surface area contributed by atoms with Crippen LogP contribution in [0.5, 0.6) is 0 Å². The molecule has 23 heavy (non-hydrogen) atoms. The van der Waals surface area contributed by atoms with Crippen LogP contribution in [0.4, 0.5) is 4.79 Å². The second kappa shape index (κ2) is 9.40. The molecule has 0 spiro atoms. The summed E-state index contributed by atoms with van der Waals surface area (Å²) in [6, 6.07) is -1.18. The summed E-state index contributed by atoms with van der Waals surface area (Å²) in [6.07, 6.45) is -6.18. The average molecular weight is 398 g/mol. The Morgan fingerprint density at radius 3 is 2.48 bits per heavy atom. The second-order valence-electron chi connectivity index (χ2n) is 4.73. The molecule has 1 rings (SSSR count). The van der Waals surface area contributed by atoms with Crippen LogP contribution in [0, 0.1) is 0 Å². The van der Waals surface area contributed by atoms with Gasteiger partial charge in [-0.3, -0.25) is 0 Å². The third-order valence-corrected chi connectivity index (χ3v) is 3.26. The number of carbonyl (C=O) groups is 1. The summed E-state index contributed by atoms with van der Waals surface area (Å²) in [4.78, 5) is 11.7. The van der Waals surface area contributed by atoms with Gasteiger partial charge in [0.05, 0.1) is 13.2 Å². The number of aliphatic hydroxyl groups excluding tert-OH is 3. The van der Waals surface area contributed by atoms with E-state index in [1.165, 1.54) is 0 Å². The molecule has 1 heterocycles. The molecule has 0 radical (unpaired) electrons. The Kier molecular flexibility index (Phi) is 8.56. The van der Waals surface area contributed by atoms with Crippen LogP contribution in [-0.2, 0) is 14.2 Å².